The van der Waals surface area contributed by atoms with Crippen molar-refractivity contribution >= 4 is 17.7 Å². The Morgan fingerprint density at radius 3 is 2.86 bits per heavy atom. The zero-order valence-corrected chi connectivity index (χ0v) is 14.2. The molecule has 6 atom stereocenters. The molecule has 1 spiro atoms. The highest BCUT2D eigenvalue weighted by atomic mass is 32.2. The van der Waals surface area contributed by atoms with Crippen LogP contribution in [0.2, 0.25) is 0 Å². The Kier molecular flexibility index (Phi) is 4.12. The van der Waals surface area contributed by atoms with E-state index in [1.807, 2.05) is 13.2 Å². The third-order valence-electron chi connectivity index (χ3n) is 5.90. The number of rotatable bonds is 3. The molecule has 1 heterocycles. The first-order chi connectivity index (χ1) is 10.0. The topological polar surface area (TPSA) is 35.5 Å². The smallest absolute Gasteiger partial charge is 0.309 e. The van der Waals surface area contributed by atoms with Gasteiger partial charge < -0.3 is 9.47 Å². The molecular formula is C17H26O3S. The highest BCUT2D eigenvalue weighted by Crippen LogP contribution is 2.58. The second kappa shape index (κ2) is 5.62. The van der Waals surface area contributed by atoms with Crippen LogP contribution in [0.5, 0.6) is 0 Å². The lowest BCUT2D eigenvalue weighted by Crippen LogP contribution is -2.60. The first-order valence-electron chi connectivity index (χ1n) is 8.02. The monoisotopic (exact) mass is 310 g/mol. The summed E-state index contributed by atoms with van der Waals surface area (Å²) >= 11 is 1.68. The summed E-state index contributed by atoms with van der Waals surface area (Å²) in [5.74, 6) is 1.93. The Hall–Kier alpha value is -0.480. The fourth-order valence-corrected chi connectivity index (χ4v) is 5.12. The molecule has 1 saturated heterocycles. The van der Waals surface area contributed by atoms with Crippen molar-refractivity contribution in [3.8, 4) is 0 Å². The number of ether oxygens (including phenoxy) is 2. The van der Waals surface area contributed by atoms with E-state index in [1.54, 1.807) is 11.8 Å². The molecule has 0 bridgehead atoms. The van der Waals surface area contributed by atoms with E-state index in [4.69, 9.17) is 9.47 Å². The normalized spacial score (nSPS) is 45.6. The van der Waals surface area contributed by atoms with Gasteiger partial charge >= 0.3 is 5.97 Å². The molecule has 2 aliphatic carbocycles. The van der Waals surface area contributed by atoms with Crippen molar-refractivity contribution in [3.05, 3.63) is 11.6 Å². The minimum absolute atomic E-state index is 0.00581. The molecule has 1 aliphatic heterocycles. The molecule has 3 nitrogen and oxygen atoms in total. The van der Waals surface area contributed by atoms with Crippen LogP contribution in [-0.2, 0) is 14.3 Å². The van der Waals surface area contributed by atoms with Crippen molar-refractivity contribution in [2.24, 2.45) is 23.7 Å². The molecule has 0 unspecified atom stereocenters. The summed E-state index contributed by atoms with van der Waals surface area (Å²) in [5, 5.41) is 0. The van der Waals surface area contributed by atoms with Crippen LogP contribution in [0.15, 0.2) is 11.6 Å². The first kappa shape index (κ1) is 15.4. The zero-order chi connectivity index (χ0) is 15.2. The van der Waals surface area contributed by atoms with Gasteiger partial charge in [0.05, 0.1) is 11.9 Å². The number of carbonyl (C=O) groups excluding carboxylic acids is 1. The van der Waals surface area contributed by atoms with Crippen LogP contribution in [0, 0.1) is 23.7 Å². The lowest BCUT2D eigenvalue weighted by molar-refractivity contribution is -0.189. The third-order valence-corrected chi connectivity index (χ3v) is 6.27. The Labute approximate surface area is 131 Å². The van der Waals surface area contributed by atoms with Crippen molar-refractivity contribution in [1.29, 1.82) is 0 Å². The van der Waals surface area contributed by atoms with Gasteiger partial charge in [0.15, 0.2) is 0 Å². The molecule has 1 saturated carbocycles. The van der Waals surface area contributed by atoms with Gasteiger partial charge in [-0.15, -0.1) is 11.8 Å². The molecule has 0 aromatic rings. The average Bonchev–Trinajstić information content (AvgIpc) is 2.70. The van der Waals surface area contributed by atoms with Crippen molar-refractivity contribution in [2.45, 2.75) is 51.7 Å². The molecule has 2 fully saturated rings. The van der Waals surface area contributed by atoms with E-state index in [2.05, 4.69) is 19.9 Å². The Morgan fingerprint density at radius 1 is 1.38 bits per heavy atom. The van der Waals surface area contributed by atoms with Gasteiger partial charge in [0.1, 0.15) is 11.7 Å². The maximum Gasteiger partial charge on any atom is 0.309 e. The van der Waals surface area contributed by atoms with Gasteiger partial charge in [0.25, 0.3) is 0 Å². The summed E-state index contributed by atoms with van der Waals surface area (Å²) < 4.78 is 12.3. The number of carbonyl (C=O) groups is 1. The number of hydrogen-bond donors (Lipinski definition) is 0. The van der Waals surface area contributed by atoms with Crippen LogP contribution in [0.3, 0.4) is 0 Å². The van der Waals surface area contributed by atoms with E-state index in [1.165, 1.54) is 12.0 Å². The highest BCUT2D eigenvalue weighted by molar-refractivity contribution is 7.98. The lowest BCUT2D eigenvalue weighted by Gasteiger charge is -2.53. The molecule has 0 radical (unpaired) electrons. The number of esters is 1. The van der Waals surface area contributed by atoms with Gasteiger partial charge in [-0.25, -0.2) is 0 Å². The summed E-state index contributed by atoms with van der Waals surface area (Å²) in [6, 6.07) is 0. The zero-order valence-electron chi connectivity index (χ0n) is 13.4. The molecular weight excluding hydrogens is 284 g/mol. The van der Waals surface area contributed by atoms with Gasteiger partial charge in [0.2, 0.25) is 0 Å². The summed E-state index contributed by atoms with van der Waals surface area (Å²) in [4.78, 5) is 12.3. The quantitative estimate of drug-likeness (QED) is 0.453. The molecule has 4 heteroatoms. The molecule has 0 aromatic heterocycles. The van der Waals surface area contributed by atoms with Crippen LogP contribution >= 0.6 is 11.8 Å². The lowest BCUT2D eigenvalue weighted by atomic mass is 9.56. The van der Waals surface area contributed by atoms with Crippen LogP contribution in [0.1, 0.15) is 40.0 Å². The second-order valence-electron chi connectivity index (χ2n) is 6.97. The molecule has 3 aliphatic rings. The van der Waals surface area contributed by atoms with Crippen molar-refractivity contribution in [3.63, 3.8) is 0 Å². The second-order valence-corrected chi connectivity index (χ2v) is 7.78. The van der Waals surface area contributed by atoms with Gasteiger partial charge in [0, 0.05) is 11.8 Å². The van der Waals surface area contributed by atoms with Crippen LogP contribution in [-0.4, -0.2) is 29.9 Å². The number of thioether (sulfide) groups is 1. The number of hydrogen-bond acceptors (Lipinski definition) is 4. The van der Waals surface area contributed by atoms with Crippen LogP contribution in [0.25, 0.3) is 0 Å². The predicted molar refractivity (Wildman–Crippen MR) is 85.0 cm³/mol. The summed E-state index contributed by atoms with van der Waals surface area (Å²) in [7, 11) is 0. The van der Waals surface area contributed by atoms with Crippen molar-refractivity contribution < 1.29 is 14.3 Å². The minimum Gasteiger partial charge on any atom is -0.455 e. The predicted octanol–water partition coefficient (Wildman–Crippen LogP) is 3.64. The number of allylic oxidation sites excluding steroid dienone is 1. The fourth-order valence-electron chi connectivity index (χ4n) is 4.84. The van der Waals surface area contributed by atoms with Crippen molar-refractivity contribution in [1.82, 2.24) is 0 Å². The molecule has 3 rings (SSSR count). The average molecular weight is 310 g/mol. The van der Waals surface area contributed by atoms with Gasteiger partial charge in [-0.05, 0) is 43.9 Å². The van der Waals surface area contributed by atoms with E-state index in [9.17, 15) is 4.79 Å². The maximum atomic E-state index is 12.3. The summed E-state index contributed by atoms with van der Waals surface area (Å²) in [6.45, 7) is 6.47. The fraction of sp³-hybridized carbons (Fsp3) is 0.824. The first-order valence-corrected chi connectivity index (χ1v) is 9.41. The SMILES string of the molecule is CSCO[C@@H]1C(C)=CC[C@H]2[C@H](C)CC[C@H]3[C@H](C)C(=O)O[C@]123. The minimum atomic E-state index is -0.414. The van der Waals surface area contributed by atoms with Gasteiger partial charge in [-0.1, -0.05) is 19.9 Å². The van der Waals surface area contributed by atoms with Gasteiger partial charge in [-0.2, -0.15) is 0 Å². The molecule has 0 amide bonds. The molecule has 21 heavy (non-hydrogen) atoms. The van der Waals surface area contributed by atoms with Crippen molar-refractivity contribution in [2.75, 3.05) is 12.2 Å². The molecule has 0 N–H and O–H groups in total. The third kappa shape index (κ3) is 2.17. The van der Waals surface area contributed by atoms with Crippen LogP contribution < -0.4 is 0 Å². The Balaban J connectivity index is 2.04. The highest BCUT2D eigenvalue weighted by Gasteiger charge is 2.65. The summed E-state index contributed by atoms with van der Waals surface area (Å²) in [5.41, 5.74) is 0.823. The van der Waals surface area contributed by atoms with E-state index in [0.717, 1.165) is 12.8 Å². The van der Waals surface area contributed by atoms with E-state index in [0.29, 0.717) is 23.7 Å². The standard InChI is InChI=1S/C17H26O3S/c1-10-5-8-14-12(3)16(18)20-17(14)13(10)7-6-11(2)15(17)19-9-21-4/h6,10,12-15H,5,7-9H2,1-4H3/t10-,12+,13+,14+,15-,17-/m1/s1. The largest absolute Gasteiger partial charge is 0.455 e. The molecule has 118 valence electrons. The summed E-state index contributed by atoms with van der Waals surface area (Å²) in [6.07, 6.45) is 7.57. The van der Waals surface area contributed by atoms with Gasteiger partial charge in [-0.3, -0.25) is 4.79 Å². The molecule has 0 aromatic carbocycles. The van der Waals surface area contributed by atoms with E-state index in [-0.39, 0.29) is 18.0 Å². The van der Waals surface area contributed by atoms with E-state index < -0.39 is 5.60 Å². The Bertz CT molecular complexity index is 461. The maximum absolute atomic E-state index is 12.3. The van der Waals surface area contributed by atoms with E-state index >= 15 is 0 Å². The Morgan fingerprint density at radius 2 is 2.14 bits per heavy atom. The van der Waals surface area contributed by atoms with Crippen LogP contribution in [0.4, 0.5) is 0 Å².